The molecule has 2 aromatic heterocycles. The Hall–Kier alpha value is -2.09. The van der Waals surface area contributed by atoms with Crippen LogP contribution in [0.5, 0.6) is 11.5 Å². The van der Waals surface area contributed by atoms with Crippen LogP contribution < -0.4 is 9.47 Å². The minimum atomic E-state index is -0.235. The molecule has 4 rings (SSSR count). The number of hydrogen-bond donors (Lipinski definition) is 0. The molecule has 0 aliphatic carbocycles. The number of benzene rings is 1. The number of halogens is 2. The van der Waals surface area contributed by atoms with E-state index in [0.29, 0.717) is 34.5 Å². The second-order valence-electron chi connectivity index (χ2n) is 6.56. The third kappa shape index (κ3) is 3.74. The fourth-order valence-corrected chi connectivity index (χ4v) is 5.02. The van der Waals surface area contributed by atoms with Gasteiger partial charge < -0.3 is 14.4 Å². The maximum atomic E-state index is 13.5. The van der Waals surface area contributed by atoms with E-state index in [1.54, 1.807) is 37.8 Å². The first-order chi connectivity index (χ1) is 14.0. The van der Waals surface area contributed by atoms with Crippen molar-refractivity contribution in [3.63, 3.8) is 0 Å². The van der Waals surface area contributed by atoms with Crippen molar-refractivity contribution < 1.29 is 14.3 Å². The van der Waals surface area contributed by atoms with Gasteiger partial charge in [0.2, 0.25) is 0 Å². The van der Waals surface area contributed by atoms with Crippen molar-refractivity contribution in [2.75, 3.05) is 20.8 Å². The topological polar surface area (TPSA) is 51.7 Å². The summed E-state index contributed by atoms with van der Waals surface area (Å²) in [5.41, 5.74) is 2.55. The minimum absolute atomic E-state index is 0.150. The lowest BCUT2D eigenvalue weighted by Gasteiger charge is -2.37. The van der Waals surface area contributed by atoms with E-state index in [4.69, 9.17) is 21.1 Å². The fourth-order valence-electron chi connectivity index (χ4n) is 3.65. The van der Waals surface area contributed by atoms with Crippen LogP contribution in [0.25, 0.3) is 0 Å². The van der Waals surface area contributed by atoms with Crippen LogP contribution in [0.3, 0.4) is 0 Å². The molecule has 0 radical (unpaired) electrons. The van der Waals surface area contributed by atoms with Crippen molar-refractivity contribution in [1.82, 2.24) is 9.88 Å². The molecule has 1 unspecified atom stereocenters. The maximum Gasteiger partial charge on any atom is 0.257 e. The van der Waals surface area contributed by atoms with Gasteiger partial charge in [0, 0.05) is 22.1 Å². The summed E-state index contributed by atoms with van der Waals surface area (Å²) in [6, 6.07) is 9.49. The molecule has 5 nitrogen and oxygen atoms in total. The normalized spacial score (nSPS) is 15.7. The van der Waals surface area contributed by atoms with E-state index in [1.807, 2.05) is 34.5 Å². The third-order valence-electron chi connectivity index (χ3n) is 4.98. The number of amides is 1. The van der Waals surface area contributed by atoms with E-state index >= 15 is 0 Å². The predicted octanol–water partition coefficient (Wildman–Crippen LogP) is 5.36. The molecule has 0 N–H and O–H groups in total. The molecule has 1 aliphatic heterocycles. The van der Waals surface area contributed by atoms with Crippen LogP contribution in [-0.4, -0.2) is 36.6 Å². The zero-order valence-electron chi connectivity index (χ0n) is 15.8. The van der Waals surface area contributed by atoms with E-state index in [1.165, 1.54) is 0 Å². The molecule has 1 atom stereocenters. The molecule has 0 fully saturated rings. The zero-order chi connectivity index (χ0) is 20.5. The number of ether oxygens (including phenoxy) is 2. The molecule has 3 aromatic rings. The number of nitrogens with zero attached hydrogens (tertiary/aromatic N) is 2. The number of hydrogen-bond acceptors (Lipinski definition) is 5. The molecule has 8 heteroatoms. The van der Waals surface area contributed by atoms with E-state index < -0.39 is 0 Å². The summed E-state index contributed by atoms with van der Waals surface area (Å²) < 4.78 is 11.7. The Morgan fingerprint density at radius 2 is 2.03 bits per heavy atom. The van der Waals surface area contributed by atoms with Gasteiger partial charge in [-0.15, -0.1) is 11.3 Å². The molecular formula is C21H18BrClN2O3S. The highest BCUT2D eigenvalue weighted by Gasteiger charge is 2.35. The van der Waals surface area contributed by atoms with Gasteiger partial charge in [-0.2, -0.15) is 0 Å². The van der Waals surface area contributed by atoms with Gasteiger partial charge in [0.15, 0.2) is 11.5 Å². The van der Waals surface area contributed by atoms with Crippen LogP contribution in [0.1, 0.15) is 32.4 Å². The van der Waals surface area contributed by atoms with E-state index in [-0.39, 0.29) is 17.1 Å². The highest BCUT2D eigenvalue weighted by molar-refractivity contribution is 9.10. The number of rotatable bonds is 4. The lowest BCUT2D eigenvalue weighted by molar-refractivity contribution is 0.0696. The largest absolute Gasteiger partial charge is 0.493 e. The molecule has 0 spiro atoms. The van der Waals surface area contributed by atoms with Gasteiger partial charge in [0.25, 0.3) is 5.91 Å². The van der Waals surface area contributed by atoms with Crippen molar-refractivity contribution in [3.8, 4) is 11.5 Å². The zero-order valence-corrected chi connectivity index (χ0v) is 19.0. The molecule has 0 saturated heterocycles. The number of methoxy groups -OCH3 is 2. The number of carbonyl (C=O) groups is 1. The highest BCUT2D eigenvalue weighted by atomic mass is 79.9. The predicted molar refractivity (Wildman–Crippen MR) is 117 cm³/mol. The number of carbonyl (C=O) groups excluding carboxylic acids is 1. The van der Waals surface area contributed by atoms with Gasteiger partial charge in [0.05, 0.1) is 25.8 Å². The molecule has 0 saturated carbocycles. The van der Waals surface area contributed by atoms with Crippen molar-refractivity contribution in [1.29, 1.82) is 0 Å². The Morgan fingerprint density at radius 3 is 2.72 bits per heavy atom. The molecule has 150 valence electrons. The third-order valence-corrected chi connectivity index (χ3v) is 6.64. The van der Waals surface area contributed by atoms with Crippen molar-refractivity contribution in [3.05, 3.63) is 73.1 Å². The summed E-state index contributed by atoms with van der Waals surface area (Å²) in [5, 5.41) is 2.21. The Balaban J connectivity index is 1.84. The fraction of sp³-hybridized carbons (Fsp3) is 0.238. The Bertz CT molecular complexity index is 1060. The van der Waals surface area contributed by atoms with Crippen molar-refractivity contribution in [2.45, 2.75) is 12.5 Å². The Kier molecular flexibility index (Phi) is 5.81. The minimum Gasteiger partial charge on any atom is -0.493 e. The summed E-state index contributed by atoms with van der Waals surface area (Å²) in [6.45, 7) is 0.562. The smallest absolute Gasteiger partial charge is 0.257 e. The van der Waals surface area contributed by atoms with Crippen LogP contribution >= 0.6 is 38.9 Å². The van der Waals surface area contributed by atoms with Crippen molar-refractivity contribution in [2.24, 2.45) is 0 Å². The lowest BCUT2D eigenvalue weighted by atomic mass is 9.90. The van der Waals surface area contributed by atoms with Crippen LogP contribution in [0, 0.1) is 0 Å². The average molecular weight is 494 g/mol. The monoisotopic (exact) mass is 492 g/mol. The summed E-state index contributed by atoms with van der Waals surface area (Å²) in [5.74, 6) is 1.18. The van der Waals surface area contributed by atoms with E-state index in [9.17, 15) is 4.79 Å². The van der Waals surface area contributed by atoms with Gasteiger partial charge in [-0.3, -0.25) is 4.79 Å². The molecule has 1 aromatic carbocycles. The van der Waals surface area contributed by atoms with Gasteiger partial charge in [-0.25, -0.2) is 4.98 Å². The standard InChI is InChI=1S/C21H18BrClN2O3S/c1-27-16-8-12-5-6-25(21(26)15-9-13(22)11-24-20(15)23)19(18-4-3-7-29-18)14(12)10-17(16)28-2/h3-4,7-11,19H,5-6H2,1-2H3. The number of fused-ring (bicyclic) bond motifs is 1. The number of aromatic nitrogens is 1. The van der Waals surface area contributed by atoms with Crippen LogP contribution in [0.2, 0.25) is 5.15 Å². The second-order valence-corrected chi connectivity index (χ2v) is 8.82. The van der Waals surface area contributed by atoms with Crippen molar-refractivity contribution >= 4 is 44.8 Å². The van der Waals surface area contributed by atoms with E-state index in [2.05, 4.69) is 20.9 Å². The maximum absolute atomic E-state index is 13.5. The summed E-state index contributed by atoms with van der Waals surface area (Å²) in [6.07, 6.45) is 2.29. The van der Waals surface area contributed by atoms with Crippen LogP contribution in [0.15, 0.2) is 46.4 Å². The van der Waals surface area contributed by atoms with Crippen LogP contribution in [0.4, 0.5) is 0 Å². The van der Waals surface area contributed by atoms with Gasteiger partial charge in [-0.05, 0) is 63.1 Å². The average Bonchev–Trinajstić information content (AvgIpc) is 3.27. The first-order valence-corrected chi connectivity index (χ1v) is 11.0. The summed E-state index contributed by atoms with van der Waals surface area (Å²) in [7, 11) is 3.24. The summed E-state index contributed by atoms with van der Waals surface area (Å²) >= 11 is 11.3. The molecule has 29 heavy (non-hydrogen) atoms. The van der Waals surface area contributed by atoms with Gasteiger partial charge in [-0.1, -0.05) is 17.7 Å². The Morgan fingerprint density at radius 1 is 1.28 bits per heavy atom. The van der Waals surface area contributed by atoms with Crippen LogP contribution in [-0.2, 0) is 6.42 Å². The SMILES string of the molecule is COc1cc2c(cc1OC)C(c1cccs1)N(C(=O)c1cc(Br)cnc1Cl)CC2. The van der Waals surface area contributed by atoms with Gasteiger partial charge in [0.1, 0.15) is 5.15 Å². The molecular weight excluding hydrogens is 476 g/mol. The Labute approximate surface area is 186 Å². The second kappa shape index (κ2) is 8.34. The lowest BCUT2D eigenvalue weighted by Crippen LogP contribution is -2.40. The molecule has 3 heterocycles. The quantitative estimate of drug-likeness (QED) is 0.459. The van der Waals surface area contributed by atoms with Gasteiger partial charge >= 0.3 is 0 Å². The summed E-state index contributed by atoms with van der Waals surface area (Å²) in [4.78, 5) is 20.5. The molecule has 0 bridgehead atoms. The number of pyridine rings is 1. The first-order valence-electron chi connectivity index (χ1n) is 8.93. The van der Waals surface area contributed by atoms with E-state index in [0.717, 1.165) is 16.0 Å². The highest BCUT2D eigenvalue weighted by Crippen LogP contribution is 2.43. The molecule has 1 amide bonds. The first kappa shape index (κ1) is 20.2. The number of thiophene rings is 1. The molecule has 1 aliphatic rings.